The molecule has 0 saturated carbocycles. The number of sulfonamides is 1. The van der Waals surface area contributed by atoms with Gasteiger partial charge in [0.25, 0.3) is 0 Å². The number of aromatic nitrogens is 2. The Hall–Kier alpha value is -2.33. The number of hydrogen-bond donors (Lipinski definition) is 0. The highest BCUT2D eigenvalue weighted by molar-refractivity contribution is 7.89. The Labute approximate surface area is 175 Å². The first-order valence-electron chi connectivity index (χ1n) is 10.2. The van der Waals surface area contributed by atoms with Gasteiger partial charge in [0, 0.05) is 51.0 Å². The van der Waals surface area contributed by atoms with Crippen molar-refractivity contribution >= 4 is 21.8 Å². The third-order valence-corrected chi connectivity index (χ3v) is 7.50. The van der Waals surface area contributed by atoms with Gasteiger partial charge in [-0.25, -0.2) is 22.2 Å². The van der Waals surface area contributed by atoms with E-state index in [1.54, 1.807) is 0 Å². The normalized spacial score (nSPS) is 18.6. The summed E-state index contributed by atoms with van der Waals surface area (Å²) in [5.74, 6) is -0.699. The van der Waals surface area contributed by atoms with E-state index in [9.17, 15) is 17.2 Å². The highest BCUT2D eigenvalue weighted by Crippen LogP contribution is 2.26. The van der Waals surface area contributed by atoms with Gasteiger partial charge in [-0.1, -0.05) is 6.07 Å². The van der Waals surface area contributed by atoms with Crippen LogP contribution in [0.25, 0.3) is 0 Å². The van der Waals surface area contributed by atoms with Crippen LogP contribution in [0.2, 0.25) is 0 Å². The maximum Gasteiger partial charge on any atom is 0.249 e. The van der Waals surface area contributed by atoms with E-state index in [2.05, 4.69) is 9.88 Å². The first kappa shape index (κ1) is 20.9. The zero-order valence-corrected chi connectivity index (χ0v) is 17.7. The van der Waals surface area contributed by atoms with Crippen LogP contribution in [0, 0.1) is 18.6 Å². The molecule has 30 heavy (non-hydrogen) atoms. The molecule has 0 unspecified atom stereocenters. The molecule has 2 saturated heterocycles. The van der Waals surface area contributed by atoms with E-state index >= 15 is 0 Å². The predicted octanol–water partition coefficient (Wildman–Crippen LogP) is 2.56. The van der Waals surface area contributed by atoms with Crippen molar-refractivity contribution in [2.24, 2.45) is 0 Å². The lowest BCUT2D eigenvalue weighted by atomic mass is 10.1. The number of hydrogen-bond acceptors (Lipinski definition) is 6. The molecule has 10 heteroatoms. The molecular formula is C20H25F2N5O2S. The van der Waals surface area contributed by atoms with Gasteiger partial charge in [0.2, 0.25) is 16.0 Å². The second-order valence-electron chi connectivity index (χ2n) is 7.66. The van der Waals surface area contributed by atoms with Crippen LogP contribution in [0.1, 0.15) is 25.0 Å². The fourth-order valence-corrected chi connectivity index (χ4v) is 5.48. The van der Waals surface area contributed by atoms with Gasteiger partial charge in [-0.05, 0) is 38.3 Å². The van der Waals surface area contributed by atoms with Crippen LogP contribution in [-0.2, 0) is 10.0 Å². The smallest absolute Gasteiger partial charge is 0.249 e. The summed E-state index contributed by atoms with van der Waals surface area (Å²) in [4.78, 5) is 12.6. The van der Waals surface area contributed by atoms with Crippen molar-refractivity contribution in [1.82, 2.24) is 14.3 Å². The number of nitrogens with zero attached hydrogens (tertiary/aromatic N) is 5. The largest absolute Gasteiger partial charge is 0.354 e. The molecule has 2 aromatic rings. The average molecular weight is 438 g/mol. The van der Waals surface area contributed by atoms with Gasteiger partial charge in [-0.15, -0.1) is 0 Å². The number of anilines is 2. The molecule has 0 atom stereocenters. The van der Waals surface area contributed by atoms with Crippen molar-refractivity contribution in [2.75, 3.05) is 49.1 Å². The Morgan fingerprint density at radius 1 is 0.867 bits per heavy atom. The van der Waals surface area contributed by atoms with Crippen LogP contribution < -0.4 is 9.80 Å². The van der Waals surface area contributed by atoms with Crippen LogP contribution >= 0.6 is 0 Å². The van der Waals surface area contributed by atoms with Gasteiger partial charge in [0.1, 0.15) is 17.5 Å². The number of rotatable bonds is 4. The fourth-order valence-electron chi connectivity index (χ4n) is 3.95. The second-order valence-corrected chi connectivity index (χ2v) is 9.53. The maximum absolute atomic E-state index is 14.0. The minimum Gasteiger partial charge on any atom is -0.354 e. The Balaban J connectivity index is 1.50. The molecule has 0 radical (unpaired) electrons. The van der Waals surface area contributed by atoms with Gasteiger partial charge in [0.15, 0.2) is 4.90 Å². The molecule has 4 rings (SSSR count). The van der Waals surface area contributed by atoms with Crippen molar-refractivity contribution in [3.63, 3.8) is 0 Å². The molecule has 7 nitrogen and oxygen atoms in total. The summed E-state index contributed by atoms with van der Waals surface area (Å²) in [7, 11) is -4.25. The van der Waals surface area contributed by atoms with Crippen molar-refractivity contribution in [1.29, 1.82) is 0 Å². The quantitative estimate of drug-likeness (QED) is 0.732. The predicted molar refractivity (Wildman–Crippen MR) is 110 cm³/mol. The summed E-state index contributed by atoms with van der Waals surface area (Å²) in [5.41, 5.74) is 0.851. The van der Waals surface area contributed by atoms with Gasteiger partial charge >= 0.3 is 0 Å². The van der Waals surface area contributed by atoms with E-state index < -0.39 is 26.6 Å². The summed E-state index contributed by atoms with van der Waals surface area (Å²) in [6, 6.07) is 4.95. The Morgan fingerprint density at radius 3 is 2.13 bits per heavy atom. The zero-order valence-electron chi connectivity index (χ0n) is 16.9. The van der Waals surface area contributed by atoms with Crippen LogP contribution in [-0.4, -0.2) is 62.0 Å². The monoisotopic (exact) mass is 437 g/mol. The highest BCUT2D eigenvalue weighted by atomic mass is 32.2. The third kappa shape index (κ3) is 4.11. The van der Waals surface area contributed by atoms with Crippen LogP contribution in [0.5, 0.6) is 0 Å². The number of piperidine rings is 1. The van der Waals surface area contributed by atoms with Crippen LogP contribution in [0.15, 0.2) is 29.2 Å². The SMILES string of the molecule is Cc1cc(N2CCN(S(=O)(=O)c3c(F)cccc3F)CC2)nc(N2CCCCC2)n1. The zero-order chi connectivity index (χ0) is 21.3. The van der Waals surface area contributed by atoms with E-state index in [4.69, 9.17) is 4.98 Å². The van der Waals surface area contributed by atoms with Crippen LogP contribution in [0.4, 0.5) is 20.5 Å². The van der Waals surface area contributed by atoms with Crippen molar-refractivity contribution in [2.45, 2.75) is 31.1 Å². The number of piperazine rings is 1. The first-order chi connectivity index (χ1) is 14.4. The minimum atomic E-state index is -4.25. The van der Waals surface area contributed by atoms with Gasteiger partial charge in [-0.3, -0.25) is 0 Å². The Morgan fingerprint density at radius 2 is 1.50 bits per heavy atom. The van der Waals surface area contributed by atoms with Crippen molar-refractivity contribution < 1.29 is 17.2 Å². The Kier molecular flexibility index (Phi) is 5.88. The summed E-state index contributed by atoms with van der Waals surface area (Å²) >= 11 is 0. The summed E-state index contributed by atoms with van der Waals surface area (Å²) < 4.78 is 54.8. The molecule has 0 amide bonds. The number of halogens is 2. The molecule has 1 aromatic carbocycles. The first-order valence-corrected chi connectivity index (χ1v) is 11.6. The Bertz CT molecular complexity index is 1000. The maximum atomic E-state index is 14.0. The standard InChI is InChI=1S/C20H25F2N5O2S/c1-15-14-18(24-20(23-15)26-8-3-2-4-9-26)25-10-12-27(13-11-25)30(28,29)19-16(21)6-5-7-17(19)22/h5-7,14H,2-4,8-13H2,1H3. The van der Waals surface area contributed by atoms with E-state index in [0.717, 1.165) is 59.9 Å². The summed E-state index contributed by atoms with van der Waals surface area (Å²) in [5, 5.41) is 0. The van der Waals surface area contributed by atoms with Gasteiger partial charge in [0.05, 0.1) is 0 Å². The highest BCUT2D eigenvalue weighted by Gasteiger charge is 2.33. The fraction of sp³-hybridized carbons (Fsp3) is 0.500. The molecule has 0 spiro atoms. The van der Waals surface area contributed by atoms with E-state index in [1.165, 1.54) is 6.42 Å². The van der Waals surface area contributed by atoms with E-state index in [-0.39, 0.29) is 13.1 Å². The second kappa shape index (κ2) is 8.43. The number of benzene rings is 1. The third-order valence-electron chi connectivity index (χ3n) is 5.55. The van der Waals surface area contributed by atoms with Gasteiger partial charge in [-0.2, -0.15) is 9.29 Å². The molecule has 1 aromatic heterocycles. The van der Waals surface area contributed by atoms with Crippen molar-refractivity contribution in [3.8, 4) is 0 Å². The molecule has 2 fully saturated rings. The molecule has 2 aliphatic rings. The lowest BCUT2D eigenvalue weighted by Gasteiger charge is -2.35. The van der Waals surface area contributed by atoms with E-state index in [1.807, 2.05) is 17.9 Å². The summed E-state index contributed by atoms with van der Waals surface area (Å²) in [6.07, 6.45) is 3.46. The molecule has 0 aliphatic carbocycles. The molecule has 162 valence electrons. The molecule has 3 heterocycles. The minimum absolute atomic E-state index is 0.123. The lowest BCUT2D eigenvalue weighted by molar-refractivity contribution is 0.377. The average Bonchev–Trinajstić information content (AvgIpc) is 2.74. The molecular weight excluding hydrogens is 412 g/mol. The van der Waals surface area contributed by atoms with Crippen molar-refractivity contribution in [3.05, 3.63) is 41.6 Å². The lowest BCUT2D eigenvalue weighted by Crippen LogP contribution is -2.49. The summed E-state index contributed by atoms with van der Waals surface area (Å²) in [6.45, 7) is 4.79. The number of aryl methyl sites for hydroxylation is 1. The van der Waals surface area contributed by atoms with Gasteiger partial charge < -0.3 is 9.80 Å². The topological polar surface area (TPSA) is 69.6 Å². The van der Waals surface area contributed by atoms with E-state index in [0.29, 0.717) is 19.0 Å². The molecule has 0 N–H and O–H groups in total. The molecule has 0 bridgehead atoms. The molecule has 2 aliphatic heterocycles. The van der Waals surface area contributed by atoms with Crippen LogP contribution in [0.3, 0.4) is 0 Å².